The highest BCUT2D eigenvalue weighted by Crippen LogP contribution is 2.28. The van der Waals surface area contributed by atoms with Gasteiger partial charge in [-0.05, 0) is 25.8 Å². The Morgan fingerprint density at radius 1 is 1.50 bits per heavy atom. The Morgan fingerprint density at radius 2 is 2.17 bits per heavy atom. The smallest absolute Gasteiger partial charge is 0.269 e. The minimum atomic E-state index is -0.406. The fourth-order valence-corrected chi connectivity index (χ4v) is 2.11. The van der Waals surface area contributed by atoms with Crippen molar-refractivity contribution in [2.24, 2.45) is 5.73 Å². The third kappa shape index (κ3) is 3.70. The molecule has 1 unspecified atom stereocenters. The summed E-state index contributed by atoms with van der Waals surface area (Å²) in [6.07, 6.45) is 2.40. The van der Waals surface area contributed by atoms with Crippen LogP contribution in [0.25, 0.3) is 0 Å². The van der Waals surface area contributed by atoms with Crippen molar-refractivity contribution >= 4 is 5.69 Å². The molecule has 100 valence electrons. The predicted octanol–water partition coefficient (Wildman–Crippen LogP) is 2.66. The lowest BCUT2D eigenvalue weighted by Gasteiger charge is -2.24. The molecule has 1 aromatic carbocycles. The van der Waals surface area contributed by atoms with Gasteiger partial charge in [0.15, 0.2) is 0 Å². The molecular formula is C13H20N2O3. The molecule has 0 heterocycles. The van der Waals surface area contributed by atoms with E-state index in [0.717, 1.165) is 18.4 Å². The molecule has 18 heavy (non-hydrogen) atoms. The summed E-state index contributed by atoms with van der Waals surface area (Å²) < 4.78 is 5.23. The number of hydrogen-bond acceptors (Lipinski definition) is 4. The van der Waals surface area contributed by atoms with E-state index in [1.165, 1.54) is 6.07 Å². The summed E-state index contributed by atoms with van der Waals surface area (Å²) in [6, 6.07) is 4.60. The van der Waals surface area contributed by atoms with Crippen molar-refractivity contribution in [3.05, 3.63) is 33.9 Å². The van der Waals surface area contributed by atoms with Crippen molar-refractivity contribution in [3.8, 4) is 5.75 Å². The lowest BCUT2D eigenvalue weighted by Crippen LogP contribution is -2.38. The number of benzene rings is 1. The van der Waals surface area contributed by atoms with Crippen molar-refractivity contribution in [3.63, 3.8) is 0 Å². The lowest BCUT2D eigenvalue weighted by molar-refractivity contribution is -0.384. The van der Waals surface area contributed by atoms with Crippen LogP contribution in [-0.4, -0.2) is 17.6 Å². The van der Waals surface area contributed by atoms with Crippen molar-refractivity contribution in [2.45, 2.75) is 38.6 Å². The van der Waals surface area contributed by atoms with Crippen LogP contribution in [0, 0.1) is 10.1 Å². The first-order valence-electron chi connectivity index (χ1n) is 6.00. The molecule has 5 nitrogen and oxygen atoms in total. The van der Waals surface area contributed by atoms with Gasteiger partial charge in [-0.2, -0.15) is 0 Å². The highest BCUT2D eigenvalue weighted by molar-refractivity contribution is 5.44. The first-order valence-corrected chi connectivity index (χ1v) is 6.00. The highest BCUT2D eigenvalue weighted by Gasteiger charge is 2.21. The van der Waals surface area contributed by atoms with E-state index in [2.05, 4.69) is 6.92 Å². The molecule has 0 fully saturated rings. The first-order chi connectivity index (χ1) is 8.39. The van der Waals surface area contributed by atoms with Crippen LogP contribution in [0.5, 0.6) is 5.75 Å². The van der Waals surface area contributed by atoms with E-state index < -0.39 is 4.92 Å². The number of ether oxygens (including phenoxy) is 1. The molecule has 0 bridgehead atoms. The molecule has 0 radical (unpaired) electrons. The summed E-state index contributed by atoms with van der Waals surface area (Å²) >= 11 is 0. The lowest BCUT2D eigenvalue weighted by atomic mass is 9.89. The van der Waals surface area contributed by atoms with Crippen LogP contribution >= 0.6 is 0 Å². The molecule has 0 saturated carbocycles. The van der Waals surface area contributed by atoms with E-state index in [-0.39, 0.29) is 11.2 Å². The van der Waals surface area contributed by atoms with Gasteiger partial charge in [-0.25, -0.2) is 0 Å². The molecule has 1 atom stereocenters. The topological polar surface area (TPSA) is 78.4 Å². The van der Waals surface area contributed by atoms with Gasteiger partial charge in [0.2, 0.25) is 0 Å². The average Bonchev–Trinajstić information content (AvgIpc) is 2.28. The summed E-state index contributed by atoms with van der Waals surface area (Å²) in [7, 11) is 1.55. The minimum Gasteiger partial charge on any atom is -0.496 e. The van der Waals surface area contributed by atoms with Crippen molar-refractivity contribution in [1.29, 1.82) is 0 Å². The van der Waals surface area contributed by atoms with Gasteiger partial charge in [0.05, 0.1) is 12.0 Å². The standard InChI is InChI=1S/C13H20N2O3/c1-4-7-13(2,14)9-10-8-11(15(16)17)5-6-12(10)18-3/h5-6,8H,4,7,9,14H2,1-3H3. The monoisotopic (exact) mass is 252 g/mol. The Hall–Kier alpha value is -1.62. The van der Waals surface area contributed by atoms with Crippen LogP contribution in [0.15, 0.2) is 18.2 Å². The Labute approximate surface area is 107 Å². The van der Waals surface area contributed by atoms with Gasteiger partial charge in [0.1, 0.15) is 5.75 Å². The maximum Gasteiger partial charge on any atom is 0.269 e. The summed E-state index contributed by atoms with van der Waals surface area (Å²) in [5.74, 6) is 0.647. The van der Waals surface area contributed by atoms with Gasteiger partial charge in [-0.1, -0.05) is 13.3 Å². The minimum absolute atomic E-state index is 0.0677. The quantitative estimate of drug-likeness (QED) is 0.623. The van der Waals surface area contributed by atoms with E-state index >= 15 is 0 Å². The highest BCUT2D eigenvalue weighted by atomic mass is 16.6. The second kappa shape index (κ2) is 5.82. The van der Waals surface area contributed by atoms with E-state index in [1.54, 1.807) is 19.2 Å². The molecule has 0 aliphatic rings. The van der Waals surface area contributed by atoms with Crippen LogP contribution in [0.1, 0.15) is 32.3 Å². The molecule has 1 rings (SSSR count). The van der Waals surface area contributed by atoms with Crippen LogP contribution in [0.4, 0.5) is 5.69 Å². The molecule has 2 N–H and O–H groups in total. The van der Waals surface area contributed by atoms with Crippen LogP contribution in [0.3, 0.4) is 0 Å². The molecule has 0 aromatic heterocycles. The number of hydrogen-bond donors (Lipinski definition) is 1. The van der Waals surface area contributed by atoms with Crippen molar-refractivity contribution < 1.29 is 9.66 Å². The average molecular weight is 252 g/mol. The summed E-state index contributed by atoms with van der Waals surface area (Å²) in [4.78, 5) is 10.4. The Bertz CT molecular complexity index is 430. The number of nitro benzene ring substituents is 1. The third-order valence-corrected chi connectivity index (χ3v) is 2.89. The SMILES string of the molecule is CCCC(C)(N)Cc1cc([N+](=O)[O-])ccc1OC. The number of methoxy groups -OCH3 is 1. The molecule has 0 aliphatic carbocycles. The fourth-order valence-electron chi connectivity index (χ4n) is 2.11. The number of nitrogens with two attached hydrogens (primary N) is 1. The van der Waals surface area contributed by atoms with Gasteiger partial charge < -0.3 is 10.5 Å². The Morgan fingerprint density at radius 3 is 2.67 bits per heavy atom. The molecule has 0 aliphatic heterocycles. The third-order valence-electron chi connectivity index (χ3n) is 2.89. The second-order valence-corrected chi connectivity index (χ2v) is 4.83. The predicted molar refractivity (Wildman–Crippen MR) is 70.9 cm³/mol. The van der Waals surface area contributed by atoms with E-state index in [9.17, 15) is 10.1 Å². The van der Waals surface area contributed by atoms with Gasteiger partial charge in [0, 0.05) is 23.2 Å². The van der Waals surface area contributed by atoms with Crippen molar-refractivity contribution in [1.82, 2.24) is 0 Å². The number of rotatable bonds is 6. The maximum absolute atomic E-state index is 10.8. The molecule has 0 spiro atoms. The molecular weight excluding hydrogens is 232 g/mol. The maximum atomic E-state index is 10.8. The van der Waals surface area contributed by atoms with Gasteiger partial charge in [-0.3, -0.25) is 10.1 Å². The van der Waals surface area contributed by atoms with Crippen LogP contribution in [0.2, 0.25) is 0 Å². The summed E-state index contributed by atoms with van der Waals surface area (Å²) in [5.41, 5.74) is 6.66. The molecule has 5 heteroatoms. The van der Waals surface area contributed by atoms with Crippen LogP contribution in [-0.2, 0) is 6.42 Å². The summed E-state index contributed by atoms with van der Waals surface area (Å²) in [5, 5.41) is 10.8. The second-order valence-electron chi connectivity index (χ2n) is 4.83. The zero-order valence-electron chi connectivity index (χ0n) is 11.1. The largest absolute Gasteiger partial charge is 0.496 e. The summed E-state index contributed by atoms with van der Waals surface area (Å²) in [6.45, 7) is 4.02. The molecule has 0 amide bonds. The van der Waals surface area contributed by atoms with Gasteiger partial charge in [0.25, 0.3) is 5.69 Å². The van der Waals surface area contributed by atoms with Gasteiger partial charge >= 0.3 is 0 Å². The number of nitro groups is 1. The zero-order chi connectivity index (χ0) is 13.8. The Kier molecular flexibility index (Phi) is 4.67. The van der Waals surface area contributed by atoms with Crippen LogP contribution < -0.4 is 10.5 Å². The van der Waals surface area contributed by atoms with E-state index in [4.69, 9.17) is 10.5 Å². The molecule has 0 saturated heterocycles. The Balaban J connectivity index is 3.05. The fraction of sp³-hybridized carbons (Fsp3) is 0.538. The normalized spacial score (nSPS) is 14.0. The van der Waals surface area contributed by atoms with E-state index in [1.807, 2.05) is 6.92 Å². The van der Waals surface area contributed by atoms with Gasteiger partial charge in [-0.15, -0.1) is 0 Å². The number of non-ortho nitro benzene ring substituents is 1. The number of nitrogens with zero attached hydrogens (tertiary/aromatic N) is 1. The zero-order valence-corrected chi connectivity index (χ0v) is 11.1. The molecule has 1 aromatic rings. The van der Waals surface area contributed by atoms with Crippen molar-refractivity contribution in [2.75, 3.05) is 7.11 Å². The first kappa shape index (κ1) is 14.4. The van der Waals surface area contributed by atoms with E-state index in [0.29, 0.717) is 12.2 Å².